The zero-order chi connectivity index (χ0) is 11.2. The van der Waals surface area contributed by atoms with Gasteiger partial charge in [-0.05, 0) is 55.2 Å². The van der Waals surface area contributed by atoms with Crippen molar-refractivity contribution in [3.63, 3.8) is 0 Å². The molecule has 1 aromatic rings. The highest BCUT2D eigenvalue weighted by Crippen LogP contribution is 2.65. The van der Waals surface area contributed by atoms with Crippen LogP contribution in [0.1, 0.15) is 24.8 Å². The van der Waals surface area contributed by atoms with E-state index in [0.29, 0.717) is 11.8 Å². The Morgan fingerprint density at radius 3 is 2.69 bits per heavy atom. The Morgan fingerprint density at radius 1 is 1.31 bits per heavy atom. The third kappa shape index (κ3) is 1.62. The SMILES string of the molecule is N#CC12CC(Cc3ccc(Cl)cc3)CC1C2. The lowest BCUT2D eigenvalue weighted by molar-refractivity contribution is 0.463. The van der Waals surface area contributed by atoms with Gasteiger partial charge in [-0.3, -0.25) is 0 Å². The highest BCUT2D eigenvalue weighted by atomic mass is 35.5. The summed E-state index contributed by atoms with van der Waals surface area (Å²) in [7, 11) is 0. The normalized spacial score (nSPS) is 35.5. The van der Waals surface area contributed by atoms with Crippen LogP contribution in [0.15, 0.2) is 24.3 Å². The first-order valence-electron chi connectivity index (χ1n) is 5.87. The second-order valence-electron chi connectivity index (χ2n) is 5.31. The van der Waals surface area contributed by atoms with Crippen LogP contribution >= 0.6 is 11.6 Å². The Hall–Kier alpha value is -1.00. The van der Waals surface area contributed by atoms with Crippen molar-refractivity contribution in [1.82, 2.24) is 0 Å². The molecule has 82 valence electrons. The lowest BCUT2D eigenvalue weighted by Gasteiger charge is -2.12. The number of hydrogen-bond donors (Lipinski definition) is 0. The molecule has 0 amide bonds. The highest BCUT2D eigenvalue weighted by molar-refractivity contribution is 6.30. The highest BCUT2D eigenvalue weighted by Gasteiger charge is 2.60. The molecule has 0 N–H and O–H groups in total. The van der Waals surface area contributed by atoms with Gasteiger partial charge in [0.2, 0.25) is 0 Å². The zero-order valence-corrected chi connectivity index (χ0v) is 9.87. The van der Waals surface area contributed by atoms with Crippen molar-refractivity contribution < 1.29 is 0 Å². The van der Waals surface area contributed by atoms with Crippen LogP contribution in [-0.2, 0) is 6.42 Å². The fourth-order valence-electron chi connectivity index (χ4n) is 3.23. The average Bonchev–Trinajstić information content (AvgIpc) is 2.86. The summed E-state index contributed by atoms with van der Waals surface area (Å²) < 4.78 is 0. The molecule has 3 unspecified atom stereocenters. The fourth-order valence-corrected chi connectivity index (χ4v) is 3.36. The summed E-state index contributed by atoms with van der Waals surface area (Å²) in [5, 5.41) is 9.92. The van der Waals surface area contributed by atoms with Crippen molar-refractivity contribution in [2.75, 3.05) is 0 Å². The number of hydrogen-bond acceptors (Lipinski definition) is 1. The van der Waals surface area contributed by atoms with E-state index in [0.717, 1.165) is 24.3 Å². The van der Waals surface area contributed by atoms with E-state index in [4.69, 9.17) is 16.9 Å². The minimum atomic E-state index is 0.0804. The molecule has 0 aromatic heterocycles. The minimum Gasteiger partial charge on any atom is -0.198 e. The molecule has 2 heteroatoms. The van der Waals surface area contributed by atoms with Crippen LogP contribution in [0.2, 0.25) is 5.02 Å². The summed E-state index contributed by atoms with van der Waals surface area (Å²) in [6, 6.07) is 10.6. The molecular formula is C14H14ClN. The standard InChI is InChI=1S/C14H14ClN/c15-13-3-1-10(2-4-13)5-11-6-12-8-14(12,7-11)9-16/h1-4,11-12H,5-8H2. The summed E-state index contributed by atoms with van der Waals surface area (Å²) in [5.74, 6) is 1.41. The Bertz CT molecular complexity index is 445. The maximum absolute atomic E-state index is 9.12. The zero-order valence-electron chi connectivity index (χ0n) is 9.12. The molecule has 0 radical (unpaired) electrons. The van der Waals surface area contributed by atoms with E-state index in [9.17, 15) is 0 Å². The van der Waals surface area contributed by atoms with Crippen LogP contribution < -0.4 is 0 Å². The Morgan fingerprint density at radius 2 is 2.06 bits per heavy atom. The smallest absolute Gasteiger partial charge is 0.0692 e. The summed E-state index contributed by atoms with van der Waals surface area (Å²) in [6.45, 7) is 0. The maximum Gasteiger partial charge on any atom is 0.0692 e. The van der Waals surface area contributed by atoms with Gasteiger partial charge in [0, 0.05) is 5.02 Å². The van der Waals surface area contributed by atoms with E-state index in [2.05, 4.69) is 18.2 Å². The molecule has 3 rings (SSSR count). The predicted molar refractivity (Wildman–Crippen MR) is 64.0 cm³/mol. The van der Waals surface area contributed by atoms with Crippen LogP contribution in [-0.4, -0.2) is 0 Å². The number of halogens is 1. The third-order valence-corrected chi connectivity index (χ3v) is 4.42. The number of benzene rings is 1. The largest absolute Gasteiger partial charge is 0.198 e. The second kappa shape index (κ2) is 3.50. The quantitative estimate of drug-likeness (QED) is 0.759. The van der Waals surface area contributed by atoms with Gasteiger partial charge in [0.25, 0.3) is 0 Å². The van der Waals surface area contributed by atoms with E-state index in [1.54, 1.807) is 0 Å². The third-order valence-electron chi connectivity index (χ3n) is 4.16. The molecule has 0 bridgehead atoms. The first-order chi connectivity index (χ1) is 7.72. The summed E-state index contributed by atoms with van der Waals surface area (Å²) >= 11 is 5.86. The van der Waals surface area contributed by atoms with E-state index < -0.39 is 0 Å². The first kappa shape index (κ1) is 10.2. The van der Waals surface area contributed by atoms with Crippen LogP contribution in [0, 0.1) is 28.6 Å². The molecule has 2 aliphatic carbocycles. The predicted octanol–water partition coefficient (Wildman–Crippen LogP) is 3.82. The lowest BCUT2D eigenvalue weighted by Crippen LogP contribution is -2.04. The summed E-state index contributed by atoms with van der Waals surface area (Å²) in [5.41, 5.74) is 1.43. The topological polar surface area (TPSA) is 23.8 Å². The van der Waals surface area contributed by atoms with Crippen molar-refractivity contribution in [2.45, 2.75) is 25.7 Å². The minimum absolute atomic E-state index is 0.0804. The Kier molecular flexibility index (Phi) is 2.23. The molecule has 0 heterocycles. The van der Waals surface area contributed by atoms with Crippen LogP contribution in [0.4, 0.5) is 0 Å². The first-order valence-corrected chi connectivity index (χ1v) is 6.25. The number of rotatable bonds is 2. The summed E-state index contributed by atoms with van der Waals surface area (Å²) in [6.07, 6.45) is 4.62. The van der Waals surface area contributed by atoms with Crippen molar-refractivity contribution in [1.29, 1.82) is 5.26 Å². The van der Waals surface area contributed by atoms with Gasteiger partial charge >= 0.3 is 0 Å². The second-order valence-corrected chi connectivity index (χ2v) is 5.74. The number of nitrogens with zero attached hydrogens (tertiary/aromatic N) is 1. The monoisotopic (exact) mass is 231 g/mol. The van der Waals surface area contributed by atoms with Gasteiger partial charge in [0.1, 0.15) is 0 Å². The fraction of sp³-hybridized carbons (Fsp3) is 0.500. The van der Waals surface area contributed by atoms with E-state index in [1.807, 2.05) is 12.1 Å². The van der Waals surface area contributed by atoms with Gasteiger partial charge in [-0.15, -0.1) is 0 Å². The maximum atomic E-state index is 9.12. The molecule has 0 spiro atoms. The molecule has 0 saturated heterocycles. The van der Waals surface area contributed by atoms with Gasteiger partial charge < -0.3 is 0 Å². The molecule has 2 fully saturated rings. The molecule has 0 aliphatic heterocycles. The van der Waals surface area contributed by atoms with E-state index >= 15 is 0 Å². The molecule has 1 aromatic carbocycles. The van der Waals surface area contributed by atoms with Crippen molar-refractivity contribution in [3.8, 4) is 6.07 Å². The van der Waals surface area contributed by atoms with E-state index in [-0.39, 0.29) is 5.41 Å². The van der Waals surface area contributed by atoms with Crippen LogP contribution in [0.5, 0.6) is 0 Å². The molecular weight excluding hydrogens is 218 g/mol. The van der Waals surface area contributed by atoms with Gasteiger partial charge in [-0.2, -0.15) is 5.26 Å². The van der Waals surface area contributed by atoms with Crippen molar-refractivity contribution in [3.05, 3.63) is 34.9 Å². The van der Waals surface area contributed by atoms with Crippen LogP contribution in [0.3, 0.4) is 0 Å². The van der Waals surface area contributed by atoms with Crippen LogP contribution in [0.25, 0.3) is 0 Å². The van der Waals surface area contributed by atoms with Gasteiger partial charge in [-0.1, -0.05) is 23.7 Å². The van der Waals surface area contributed by atoms with E-state index in [1.165, 1.54) is 12.0 Å². The molecule has 2 aliphatic rings. The Balaban J connectivity index is 1.65. The van der Waals surface area contributed by atoms with Crippen molar-refractivity contribution in [2.24, 2.45) is 17.3 Å². The Labute approximate surface area is 101 Å². The van der Waals surface area contributed by atoms with Gasteiger partial charge in [0.15, 0.2) is 0 Å². The molecule has 2 saturated carbocycles. The number of nitriles is 1. The van der Waals surface area contributed by atoms with Gasteiger partial charge in [0.05, 0.1) is 11.5 Å². The average molecular weight is 232 g/mol. The lowest BCUT2D eigenvalue weighted by atomic mass is 9.92. The molecule has 3 atom stereocenters. The summed E-state index contributed by atoms with van der Waals surface area (Å²) in [4.78, 5) is 0. The molecule has 1 nitrogen and oxygen atoms in total. The van der Waals surface area contributed by atoms with Gasteiger partial charge in [-0.25, -0.2) is 0 Å². The molecule has 16 heavy (non-hydrogen) atoms. The van der Waals surface area contributed by atoms with Crippen molar-refractivity contribution >= 4 is 11.6 Å². The number of fused-ring (bicyclic) bond motifs is 1.